The summed E-state index contributed by atoms with van der Waals surface area (Å²) < 4.78 is 35.6. The van der Waals surface area contributed by atoms with Crippen molar-refractivity contribution in [2.75, 3.05) is 7.11 Å². The molecule has 3 rings (SSSR count). The third-order valence-electron chi connectivity index (χ3n) is 4.25. The maximum Gasteiger partial charge on any atom is 0.339 e. The second kappa shape index (κ2) is 9.15. The quantitative estimate of drug-likeness (QED) is 0.281. The highest BCUT2D eigenvalue weighted by Crippen LogP contribution is 2.31. The van der Waals surface area contributed by atoms with Crippen LogP contribution in [0, 0.1) is 6.92 Å². The molecule has 0 bridgehead atoms. The Balaban J connectivity index is 1.80. The van der Waals surface area contributed by atoms with Gasteiger partial charge < -0.3 is 8.92 Å². The average molecular weight is 443 g/mol. The average Bonchev–Trinajstić information content (AvgIpc) is 2.73. The number of benzene rings is 3. The minimum absolute atomic E-state index is 0.0488. The molecule has 0 aliphatic rings. The first-order valence-corrected chi connectivity index (χ1v) is 10.7. The number of allylic oxidation sites excluding steroid dienone is 1. The molecule has 154 valence electrons. The zero-order valence-corrected chi connectivity index (χ0v) is 17.9. The summed E-state index contributed by atoms with van der Waals surface area (Å²) in [6.45, 7) is 1.87. The molecule has 0 saturated heterocycles. The molecule has 0 N–H and O–H groups in total. The lowest BCUT2D eigenvalue weighted by molar-refractivity contribution is 0.104. The maximum atomic E-state index is 12.5. The minimum atomic E-state index is -4.00. The lowest BCUT2D eigenvalue weighted by Crippen LogP contribution is -2.10. The van der Waals surface area contributed by atoms with Gasteiger partial charge >= 0.3 is 10.1 Å². The van der Waals surface area contributed by atoms with E-state index in [0.717, 1.165) is 5.56 Å². The molecule has 0 spiro atoms. The normalized spacial score (nSPS) is 11.4. The van der Waals surface area contributed by atoms with E-state index in [1.54, 1.807) is 54.6 Å². The second-order valence-electron chi connectivity index (χ2n) is 6.47. The van der Waals surface area contributed by atoms with Crippen LogP contribution in [-0.4, -0.2) is 21.3 Å². The van der Waals surface area contributed by atoms with Gasteiger partial charge in [0.1, 0.15) is 4.90 Å². The van der Waals surface area contributed by atoms with E-state index >= 15 is 0 Å². The Morgan fingerprint density at radius 1 is 0.933 bits per heavy atom. The Morgan fingerprint density at radius 2 is 1.60 bits per heavy atom. The molecule has 0 fully saturated rings. The Hall–Kier alpha value is -3.09. The van der Waals surface area contributed by atoms with Gasteiger partial charge in [-0.25, -0.2) is 0 Å². The number of methoxy groups -OCH3 is 1. The van der Waals surface area contributed by atoms with Gasteiger partial charge in [0, 0.05) is 10.6 Å². The molecule has 0 unspecified atom stereocenters. The van der Waals surface area contributed by atoms with Crippen molar-refractivity contribution in [1.29, 1.82) is 0 Å². The number of ketones is 1. The van der Waals surface area contributed by atoms with Crippen LogP contribution in [-0.2, 0) is 10.1 Å². The number of halogens is 1. The smallest absolute Gasteiger partial charge is 0.339 e. The number of aryl methyl sites for hydroxylation is 1. The highest BCUT2D eigenvalue weighted by molar-refractivity contribution is 7.87. The third kappa shape index (κ3) is 5.28. The fourth-order valence-electron chi connectivity index (χ4n) is 2.61. The molecule has 0 aromatic heterocycles. The summed E-state index contributed by atoms with van der Waals surface area (Å²) in [6, 6.07) is 17.6. The molecule has 0 aliphatic carbocycles. The van der Waals surface area contributed by atoms with E-state index in [1.807, 2.05) is 6.92 Å². The monoisotopic (exact) mass is 442 g/mol. The second-order valence-corrected chi connectivity index (χ2v) is 8.45. The van der Waals surface area contributed by atoms with E-state index in [1.165, 1.54) is 31.4 Å². The Morgan fingerprint density at radius 3 is 2.23 bits per heavy atom. The fourth-order valence-corrected chi connectivity index (χ4v) is 3.68. The Bertz CT molecular complexity index is 1180. The maximum absolute atomic E-state index is 12.5. The van der Waals surface area contributed by atoms with Gasteiger partial charge in [0.2, 0.25) is 0 Å². The molecule has 0 heterocycles. The van der Waals surface area contributed by atoms with Crippen molar-refractivity contribution >= 4 is 33.6 Å². The number of hydrogen-bond donors (Lipinski definition) is 0. The van der Waals surface area contributed by atoms with Crippen molar-refractivity contribution in [3.8, 4) is 11.5 Å². The van der Waals surface area contributed by atoms with E-state index in [2.05, 4.69) is 0 Å². The van der Waals surface area contributed by atoms with Crippen LogP contribution in [0.15, 0.2) is 77.7 Å². The molecule has 0 amide bonds. The first-order chi connectivity index (χ1) is 14.3. The van der Waals surface area contributed by atoms with Crippen LogP contribution >= 0.6 is 11.6 Å². The Labute approximate surface area is 180 Å². The van der Waals surface area contributed by atoms with Crippen LogP contribution in [0.4, 0.5) is 0 Å². The molecule has 0 saturated carbocycles. The summed E-state index contributed by atoms with van der Waals surface area (Å²) >= 11 is 5.83. The molecular formula is C23H19ClO5S. The molecule has 0 atom stereocenters. The van der Waals surface area contributed by atoms with Crippen molar-refractivity contribution in [2.45, 2.75) is 11.8 Å². The van der Waals surface area contributed by atoms with E-state index in [0.29, 0.717) is 16.1 Å². The highest BCUT2D eigenvalue weighted by Gasteiger charge is 2.19. The van der Waals surface area contributed by atoms with Crippen LogP contribution in [0.5, 0.6) is 11.5 Å². The van der Waals surface area contributed by atoms with Gasteiger partial charge in [0.05, 0.1) is 7.11 Å². The SMILES string of the molecule is COc1cc(/C=C/C(=O)c2ccc(Cl)cc2)ccc1OS(=O)(=O)c1ccc(C)cc1. The number of ether oxygens (including phenoxy) is 1. The standard InChI is InChI=1S/C23H19ClO5S/c1-16-3-11-20(12-4-16)30(26,27)29-22-14-6-17(15-23(22)28-2)5-13-21(25)18-7-9-19(24)10-8-18/h3-15H,1-2H3/b13-5+. The van der Waals surface area contributed by atoms with E-state index in [9.17, 15) is 13.2 Å². The zero-order valence-electron chi connectivity index (χ0n) is 16.3. The summed E-state index contributed by atoms with van der Waals surface area (Å²) in [5.41, 5.74) is 2.09. The van der Waals surface area contributed by atoms with Crippen molar-refractivity contribution < 1.29 is 22.1 Å². The van der Waals surface area contributed by atoms with E-state index < -0.39 is 10.1 Å². The lowest BCUT2D eigenvalue weighted by atomic mass is 10.1. The molecule has 3 aromatic carbocycles. The van der Waals surface area contributed by atoms with Crippen molar-refractivity contribution in [2.24, 2.45) is 0 Å². The minimum Gasteiger partial charge on any atom is -0.493 e. The van der Waals surface area contributed by atoms with E-state index in [-0.39, 0.29) is 22.2 Å². The predicted molar refractivity (Wildman–Crippen MR) is 117 cm³/mol. The first-order valence-electron chi connectivity index (χ1n) is 8.96. The topological polar surface area (TPSA) is 69.7 Å². The molecule has 0 radical (unpaired) electrons. The summed E-state index contributed by atoms with van der Waals surface area (Å²) in [5.74, 6) is 0.0962. The summed E-state index contributed by atoms with van der Waals surface area (Å²) in [6.07, 6.45) is 3.03. The van der Waals surface area contributed by atoms with Crippen LogP contribution < -0.4 is 8.92 Å². The number of hydrogen-bond acceptors (Lipinski definition) is 5. The molecule has 0 aliphatic heterocycles. The molecular weight excluding hydrogens is 424 g/mol. The first kappa shape index (κ1) is 21.6. The highest BCUT2D eigenvalue weighted by atomic mass is 35.5. The van der Waals surface area contributed by atoms with Gasteiger partial charge in [-0.3, -0.25) is 4.79 Å². The summed E-state index contributed by atoms with van der Waals surface area (Å²) in [5, 5.41) is 0.552. The Kier molecular flexibility index (Phi) is 6.59. The van der Waals surface area contributed by atoms with Crippen LogP contribution in [0.2, 0.25) is 5.02 Å². The largest absolute Gasteiger partial charge is 0.493 e. The van der Waals surface area contributed by atoms with Gasteiger partial charge in [0.15, 0.2) is 17.3 Å². The van der Waals surface area contributed by atoms with Crippen molar-refractivity contribution in [1.82, 2.24) is 0 Å². The van der Waals surface area contributed by atoms with Crippen molar-refractivity contribution in [3.05, 3.63) is 94.5 Å². The van der Waals surface area contributed by atoms with Crippen molar-refractivity contribution in [3.63, 3.8) is 0 Å². The third-order valence-corrected chi connectivity index (χ3v) is 5.75. The molecule has 5 nitrogen and oxygen atoms in total. The number of rotatable bonds is 7. The van der Waals surface area contributed by atoms with Gasteiger partial charge in [-0.2, -0.15) is 8.42 Å². The number of carbonyl (C=O) groups is 1. The molecule has 30 heavy (non-hydrogen) atoms. The molecule has 7 heteroatoms. The van der Waals surface area contributed by atoms with Gasteiger partial charge in [-0.1, -0.05) is 41.4 Å². The van der Waals surface area contributed by atoms with Crippen LogP contribution in [0.25, 0.3) is 6.08 Å². The van der Waals surface area contributed by atoms with Crippen LogP contribution in [0.1, 0.15) is 21.5 Å². The number of carbonyl (C=O) groups excluding carboxylic acids is 1. The van der Waals surface area contributed by atoms with Gasteiger partial charge in [0.25, 0.3) is 0 Å². The van der Waals surface area contributed by atoms with Crippen LogP contribution in [0.3, 0.4) is 0 Å². The van der Waals surface area contributed by atoms with E-state index in [4.69, 9.17) is 20.5 Å². The zero-order chi connectivity index (χ0) is 21.7. The summed E-state index contributed by atoms with van der Waals surface area (Å²) in [4.78, 5) is 12.3. The lowest BCUT2D eigenvalue weighted by Gasteiger charge is -2.11. The van der Waals surface area contributed by atoms with Gasteiger partial charge in [-0.15, -0.1) is 0 Å². The molecule has 3 aromatic rings. The summed E-state index contributed by atoms with van der Waals surface area (Å²) in [7, 11) is -2.59. The predicted octanol–water partition coefficient (Wildman–Crippen LogP) is 5.32. The fraction of sp³-hybridized carbons (Fsp3) is 0.0870. The van der Waals surface area contributed by atoms with Gasteiger partial charge in [-0.05, 0) is 67.1 Å².